The number of aliphatic hydroxyl groups is 2. The Morgan fingerprint density at radius 2 is 1.55 bits per heavy atom. The molecule has 0 aromatic rings. The summed E-state index contributed by atoms with van der Waals surface area (Å²) >= 11 is 0. The van der Waals surface area contributed by atoms with Gasteiger partial charge in [0, 0.05) is 0 Å². The van der Waals surface area contributed by atoms with E-state index in [9.17, 15) is 10.2 Å². The Hall–Kier alpha value is -0.0800. The molecule has 0 aliphatic heterocycles. The van der Waals surface area contributed by atoms with Gasteiger partial charge in [0.15, 0.2) is 0 Å². The monoisotopic (exact) mass is 404 g/mol. The van der Waals surface area contributed by atoms with Gasteiger partial charge in [0.1, 0.15) is 0 Å². The zero-order chi connectivity index (χ0) is 21.2. The number of aliphatic hydroxyl groups excluding tert-OH is 1. The maximum absolute atomic E-state index is 11.0. The number of hydrogen-bond donors (Lipinski definition) is 2. The maximum Gasteiger partial charge on any atom is 0.0648 e. The van der Waals surface area contributed by atoms with Crippen molar-refractivity contribution in [2.45, 2.75) is 117 Å². The molecule has 0 bridgehead atoms. The van der Waals surface area contributed by atoms with Crippen LogP contribution >= 0.6 is 0 Å². The van der Waals surface area contributed by atoms with Gasteiger partial charge >= 0.3 is 0 Å². The van der Waals surface area contributed by atoms with E-state index in [2.05, 4.69) is 41.5 Å². The number of rotatable bonds is 4. The molecule has 0 saturated heterocycles. The summed E-state index contributed by atoms with van der Waals surface area (Å²) in [6, 6.07) is 0. The van der Waals surface area contributed by atoms with Crippen molar-refractivity contribution in [3.8, 4) is 0 Å². The maximum atomic E-state index is 11.0. The molecule has 2 nitrogen and oxygen atoms in total. The molecule has 0 aromatic carbocycles. The lowest BCUT2D eigenvalue weighted by Crippen LogP contribution is -2.56. The van der Waals surface area contributed by atoms with Crippen LogP contribution in [0.1, 0.15) is 106 Å². The van der Waals surface area contributed by atoms with Gasteiger partial charge in [-0.3, -0.25) is 0 Å². The van der Waals surface area contributed by atoms with Crippen molar-refractivity contribution in [1.82, 2.24) is 0 Å². The molecule has 4 saturated carbocycles. The second-order valence-corrected chi connectivity index (χ2v) is 12.8. The smallest absolute Gasteiger partial charge is 0.0648 e. The Kier molecular flexibility index (Phi) is 5.73. The molecule has 2 heteroatoms. The zero-order valence-corrected chi connectivity index (χ0v) is 20.1. The van der Waals surface area contributed by atoms with Gasteiger partial charge in [-0.15, -0.1) is 0 Å². The molecule has 0 aromatic heterocycles. The van der Waals surface area contributed by atoms with Crippen LogP contribution in [0.5, 0.6) is 0 Å². The zero-order valence-electron chi connectivity index (χ0n) is 20.1. The standard InChI is InChI=1S/C27H48O2/c1-7-27(29)15-14-25(5)19(16-27)8-9-20-22-11-10-21(18(4)24(28)17(2)3)26(22,6)13-12-23(20)25/h17-24,28-29H,7-16H2,1-6H3/t18-,19?,20?,21?,22?,23?,24-,25?,26?,27?/m0/s1. The third-order valence-electron chi connectivity index (χ3n) is 11.4. The Balaban J connectivity index is 1.54. The first-order valence-electron chi connectivity index (χ1n) is 13.0. The van der Waals surface area contributed by atoms with Crippen molar-refractivity contribution in [1.29, 1.82) is 0 Å². The van der Waals surface area contributed by atoms with Gasteiger partial charge in [-0.2, -0.15) is 0 Å². The predicted octanol–water partition coefficient (Wildman–Crippen LogP) is 6.44. The van der Waals surface area contributed by atoms with E-state index in [0.29, 0.717) is 28.6 Å². The summed E-state index contributed by atoms with van der Waals surface area (Å²) in [7, 11) is 0. The Morgan fingerprint density at radius 3 is 2.21 bits per heavy atom. The van der Waals surface area contributed by atoms with E-state index >= 15 is 0 Å². The Bertz CT molecular complexity index is 601. The summed E-state index contributed by atoms with van der Waals surface area (Å²) in [4.78, 5) is 0. The fraction of sp³-hybridized carbons (Fsp3) is 1.00. The second-order valence-electron chi connectivity index (χ2n) is 12.8. The van der Waals surface area contributed by atoms with Crippen molar-refractivity contribution in [3.05, 3.63) is 0 Å². The number of hydrogen-bond acceptors (Lipinski definition) is 2. The van der Waals surface area contributed by atoms with Gasteiger partial charge in [0.05, 0.1) is 11.7 Å². The fourth-order valence-electron chi connectivity index (χ4n) is 9.39. The lowest BCUT2D eigenvalue weighted by molar-refractivity contribution is -0.154. The third kappa shape index (κ3) is 3.34. The molecule has 8 unspecified atom stereocenters. The fourth-order valence-corrected chi connectivity index (χ4v) is 9.39. The van der Waals surface area contributed by atoms with Crippen molar-refractivity contribution in [2.75, 3.05) is 0 Å². The Labute approximate surface area is 180 Å². The lowest BCUT2D eigenvalue weighted by Gasteiger charge is -2.62. The van der Waals surface area contributed by atoms with Gasteiger partial charge in [-0.25, -0.2) is 0 Å². The molecule has 10 atom stereocenters. The van der Waals surface area contributed by atoms with Gasteiger partial charge in [-0.1, -0.05) is 41.5 Å². The molecule has 168 valence electrons. The van der Waals surface area contributed by atoms with E-state index in [1.807, 2.05) is 0 Å². The van der Waals surface area contributed by atoms with Gasteiger partial charge in [0.2, 0.25) is 0 Å². The van der Waals surface area contributed by atoms with E-state index in [0.717, 1.165) is 42.9 Å². The SMILES string of the molecule is CCC1(O)CCC2(C)C(CCC3C2CCC2(C)C3CCC2[C@H](C)[C@@H](O)C(C)C)C1. The van der Waals surface area contributed by atoms with E-state index < -0.39 is 0 Å². The summed E-state index contributed by atoms with van der Waals surface area (Å²) in [5, 5.41) is 21.8. The largest absolute Gasteiger partial charge is 0.393 e. The minimum Gasteiger partial charge on any atom is -0.393 e. The highest BCUT2D eigenvalue weighted by molar-refractivity contribution is 5.11. The van der Waals surface area contributed by atoms with Crippen LogP contribution < -0.4 is 0 Å². The normalized spacial score (nSPS) is 51.8. The van der Waals surface area contributed by atoms with E-state index in [1.54, 1.807) is 0 Å². The molecule has 29 heavy (non-hydrogen) atoms. The third-order valence-corrected chi connectivity index (χ3v) is 11.4. The summed E-state index contributed by atoms with van der Waals surface area (Å²) in [5.74, 6) is 4.80. The van der Waals surface area contributed by atoms with Gasteiger partial charge in [-0.05, 0) is 116 Å². The van der Waals surface area contributed by atoms with E-state index in [4.69, 9.17) is 0 Å². The summed E-state index contributed by atoms with van der Waals surface area (Å²) in [6.45, 7) is 14.1. The topological polar surface area (TPSA) is 40.5 Å². The average Bonchev–Trinajstić information content (AvgIpc) is 3.04. The molecule has 4 aliphatic rings. The minimum atomic E-state index is -0.388. The van der Waals surface area contributed by atoms with Crippen molar-refractivity contribution >= 4 is 0 Å². The quantitative estimate of drug-likeness (QED) is 0.566. The van der Waals surface area contributed by atoms with Crippen LogP contribution in [-0.4, -0.2) is 21.9 Å². The average molecular weight is 405 g/mol. The van der Waals surface area contributed by atoms with Crippen molar-refractivity contribution in [3.63, 3.8) is 0 Å². The first-order chi connectivity index (χ1) is 13.6. The summed E-state index contributed by atoms with van der Waals surface area (Å²) in [5.41, 5.74) is 0.492. The molecule has 0 radical (unpaired) electrons. The van der Waals surface area contributed by atoms with Crippen molar-refractivity contribution < 1.29 is 10.2 Å². The van der Waals surface area contributed by atoms with Crippen LogP contribution in [0.3, 0.4) is 0 Å². The summed E-state index contributed by atoms with van der Waals surface area (Å²) < 4.78 is 0. The van der Waals surface area contributed by atoms with Crippen LogP contribution in [0.4, 0.5) is 0 Å². The number of fused-ring (bicyclic) bond motifs is 5. The van der Waals surface area contributed by atoms with Crippen LogP contribution in [-0.2, 0) is 0 Å². The lowest BCUT2D eigenvalue weighted by atomic mass is 9.43. The van der Waals surface area contributed by atoms with Crippen LogP contribution in [0.25, 0.3) is 0 Å². The van der Waals surface area contributed by atoms with Crippen LogP contribution in [0.15, 0.2) is 0 Å². The summed E-state index contributed by atoms with van der Waals surface area (Å²) in [6.07, 6.45) is 12.2. The highest BCUT2D eigenvalue weighted by Crippen LogP contribution is 2.69. The van der Waals surface area contributed by atoms with Crippen molar-refractivity contribution in [2.24, 2.45) is 52.3 Å². The molecule has 4 aliphatic carbocycles. The Morgan fingerprint density at radius 1 is 0.862 bits per heavy atom. The highest BCUT2D eigenvalue weighted by Gasteiger charge is 2.61. The molecule has 4 rings (SSSR count). The van der Waals surface area contributed by atoms with Crippen LogP contribution in [0, 0.1) is 52.3 Å². The van der Waals surface area contributed by atoms with Gasteiger partial charge in [0.25, 0.3) is 0 Å². The predicted molar refractivity (Wildman–Crippen MR) is 120 cm³/mol. The molecular weight excluding hydrogens is 356 g/mol. The molecule has 4 fully saturated rings. The minimum absolute atomic E-state index is 0.161. The van der Waals surface area contributed by atoms with Gasteiger partial charge < -0.3 is 10.2 Å². The molecular formula is C27H48O2. The first kappa shape index (κ1) is 22.1. The molecule has 0 spiro atoms. The van der Waals surface area contributed by atoms with E-state index in [-0.39, 0.29) is 11.7 Å². The van der Waals surface area contributed by atoms with E-state index in [1.165, 1.54) is 44.9 Å². The first-order valence-corrected chi connectivity index (χ1v) is 13.0. The second kappa shape index (κ2) is 7.51. The highest BCUT2D eigenvalue weighted by atomic mass is 16.3. The van der Waals surface area contributed by atoms with Crippen LogP contribution in [0.2, 0.25) is 0 Å². The molecule has 2 N–H and O–H groups in total. The molecule has 0 amide bonds. The molecule has 0 heterocycles.